The van der Waals surface area contributed by atoms with Crippen molar-refractivity contribution < 1.29 is 19.1 Å². The molecule has 0 atom stereocenters. The lowest BCUT2D eigenvalue weighted by Crippen LogP contribution is -2.31. The fraction of sp³-hybridized carbons (Fsp3) is 0.0667. The van der Waals surface area contributed by atoms with Crippen LogP contribution in [0.25, 0.3) is 11.3 Å². The number of carbonyl (C=O) groups is 2. The topological polar surface area (TPSA) is 70.8 Å². The van der Waals surface area contributed by atoms with Crippen LogP contribution in [-0.4, -0.2) is 16.9 Å². The van der Waals surface area contributed by atoms with Gasteiger partial charge in [-0.2, -0.15) is 0 Å². The predicted molar refractivity (Wildman–Crippen MR) is 72.8 cm³/mol. The van der Waals surface area contributed by atoms with Crippen molar-refractivity contribution in [2.24, 2.45) is 0 Å². The number of para-hydroxylation sites is 1. The van der Waals surface area contributed by atoms with E-state index in [2.05, 4.69) is 0 Å². The van der Waals surface area contributed by atoms with Crippen LogP contribution < -0.4 is 4.90 Å². The third-order valence-corrected chi connectivity index (χ3v) is 3.18. The molecule has 20 heavy (non-hydrogen) atoms. The summed E-state index contributed by atoms with van der Waals surface area (Å²) in [6.07, 6.45) is 2.74. The summed E-state index contributed by atoms with van der Waals surface area (Å²) < 4.78 is 4.91. The van der Waals surface area contributed by atoms with Gasteiger partial charge in [0.2, 0.25) is 5.91 Å². The van der Waals surface area contributed by atoms with E-state index in [0.29, 0.717) is 16.8 Å². The van der Waals surface area contributed by atoms with Gasteiger partial charge in [-0.05, 0) is 12.1 Å². The Kier molecular flexibility index (Phi) is 2.68. The van der Waals surface area contributed by atoms with E-state index in [1.54, 1.807) is 30.3 Å². The molecule has 0 saturated heterocycles. The van der Waals surface area contributed by atoms with Gasteiger partial charge < -0.3 is 9.52 Å². The first-order valence-electron chi connectivity index (χ1n) is 6.01. The highest BCUT2D eigenvalue weighted by molar-refractivity contribution is 6.42. The van der Waals surface area contributed by atoms with E-state index >= 15 is 0 Å². The second-order valence-corrected chi connectivity index (χ2v) is 4.41. The molecule has 0 fully saturated rings. The number of fused-ring (bicyclic) bond motifs is 1. The second-order valence-electron chi connectivity index (χ2n) is 4.41. The van der Waals surface area contributed by atoms with Crippen molar-refractivity contribution in [3.63, 3.8) is 0 Å². The number of benzene rings is 1. The molecule has 1 N–H and O–H groups in total. The first-order chi connectivity index (χ1) is 9.61. The van der Waals surface area contributed by atoms with E-state index < -0.39 is 11.8 Å². The minimum Gasteiger partial charge on any atom is -0.506 e. The van der Waals surface area contributed by atoms with Crippen LogP contribution >= 0.6 is 0 Å². The Bertz CT molecular complexity index is 728. The maximum absolute atomic E-state index is 12.4. The molecule has 1 aromatic heterocycles. The Morgan fingerprint density at radius 1 is 1.25 bits per heavy atom. The summed E-state index contributed by atoms with van der Waals surface area (Å²) in [4.78, 5) is 25.1. The highest BCUT2D eigenvalue weighted by atomic mass is 16.3. The molecule has 1 aromatic carbocycles. The molecule has 1 aliphatic rings. The van der Waals surface area contributed by atoms with Crippen molar-refractivity contribution in [1.29, 1.82) is 0 Å². The number of carbonyl (C=O) groups excluding carboxylic acids is 2. The largest absolute Gasteiger partial charge is 0.506 e. The third kappa shape index (κ3) is 1.64. The maximum Gasteiger partial charge on any atom is 0.269 e. The Balaban J connectivity index is 2.26. The van der Waals surface area contributed by atoms with Gasteiger partial charge in [-0.15, -0.1) is 0 Å². The molecule has 0 aliphatic carbocycles. The smallest absolute Gasteiger partial charge is 0.269 e. The van der Waals surface area contributed by atoms with Crippen LogP contribution in [-0.2, 0) is 9.59 Å². The van der Waals surface area contributed by atoms with Crippen LogP contribution in [0.3, 0.4) is 0 Å². The molecule has 0 spiro atoms. The summed E-state index contributed by atoms with van der Waals surface area (Å²) in [5.74, 6) is -1.12. The van der Waals surface area contributed by atoms with Crippen molar-refractivity contribution in [1.82, 2.24) is 0 Å². The maximum atomic E-state index is 12.4. The summed E-state index contributed by atoms with van der Waals surface area (Å²) >= 11 is 0. The van der Waals surface area contributed by atoms with E-state index in [0.717, 1.165) is 4.90 Å². The van der Waals surface area contributed by atoms with Gasteiger partial charge in [0.15, 0.2) is 0 Å². The molecule has 0 unspecified atom stereocenters. The van der Waals surface area contributed by atoms with Gasteiger partial charge in [0, 0.05) is 12.5 Å². The summed E-state index contributed by atoms with van der Waals surface area (Å²) in [6.45, 7) is 1.31. The van der Waals surface area contributed by atoms with Crippen molar-refractivity contribution in [2.75, 3.05) is 4.90 Å². The molecule has 5 nitrogen and oxygen atoms in total. The normalized spacial score (nSPS) is 16.2. The van der Waals surface area contributed by atoms with E-state index in [-0.39, 0.29) is 11.3 Å². The minimum absolute atomic E-state index is 0.109. The van der Waals surface area contributed by atoms with Crippen LogP contribution in [0.2, 0.25) is 0 Å². The lowest BCUT2D eigenvalue weighted by molar-refractivity contribution is -0.122. The zero-order valence-electron chi connectivity index (χ0n) is 10.7. The number of nitrogens with zero attached hydrogens (tertiary/aromatic N) is 1. The monoisotopic (exact) mass is 269 g/mol. The summed E-state index contributed by atoms with van der Waals surface area (Å²) in [5, 5.41) is 10.3. The zero-order valence-corrected chi connectivity index (χ0v) is 10.7. The van der Waals surface area contributed by atoms with Crippen LogP contribution in [0.15, 0.2) is 47.3 Å². The van der Waals surface area contributed by atoms with Gasteiger partial charge in [-0.1, -0.05) is 18.2 Å². The molecule has 2 amide bonds. The van der Waals surface area contributed by atoms with Gasteiger partial charge in [-0.25, -0.2) is 4.90 Å². The fourth-order valence-corrected chi connectivity index (χ4v) is 2.30. The Morgan fingerprint density at radius 3 is 2.65 bits per heavy atom. The van der Waals surface area contributed by atoms with Crippen LogP contribution in [0.5, 0.6) is 0 Å². The van der Waals surface area contributed by atoms with Crippen molar-refractivity contribution in [3.05, 3.63) is 54.0 Å². The number of imide groups is 1. The average molecular weight is 269 g/mol. The Hall–Kier alpha value is -2.82. The van der Waals surface area contributed by atoms with Gasteiger partial charge in [0.05, 0.1) is 23.1 Å². The number of hydrogen-bond donors (Lipinski definition) is 1. The first-order valence-corrected chi connectivity index (χ1v) is 6.01. The Morgan fingerprint density at radius 2 is 2.00 bits per heavy atom. The van der Waals surface area contributed by atoms with E-state index in [9.17, 15) is 14.7 Å². The Labute approximate surface area is 114 Å². The molecule has 0 saturated carbocycles. The number of furan rings is 1. The molecule has 0 bridgehead atoms. The minimum atomic E-state index is -0.530. The molecule has 0 radical (unpaired) electrons. The van der Waals surface area contributed by atoms with Crippen LogP contribution in [0.1, 0.15) is 18.1 Å². The molecule has 2 heterocycles. The number of aliphatic hydroxyl groups excluding tert-OH is 1. The molecule has 100 valence electrons. The highest BCUT2D eigenvalue weighted by Crippen LogP contribution is 2.39. The first kappa shape index (κ1) is 12.2. The summed E-state index contributed by atoms with van der Waals surface area (Å²) in [7, 11) is 0. The van der Waals surface area contributed by atoms with Crippen molar-refractivity contribution in [2.45, 2.75) is 6.92 Å². The number of amides is 2. The van der Waals surface area contributed by atoms with Gasteiger partial charge in [0.25, 0.3) is 5.91 Å². The van der Waals surface area contributed by atoms with Crippen molar-refractivity contribution >= 4 is 28.8 Å². The molecule has 1 aliphatic heterocycles. The zero-order chi connectivity index (χ0) is 14.3. The van der Waals surface area contributed by atoms with Crippen LogP contribution in [0, 0.1) is 0 Å². The standard InChI is InChI=1S/C15H11NO4/c1-9(17)16-12-5-3-2-4-11(12)13(15(16)19)14(18)10-6-7-20-8-10/h2-8,18H,1H3/b14-13+. The van der Waals surface area contributed by atoms with Gasteiger partial charge in [-0.3, -0.25) is 9.59 Å². The number of hydrogen-bond acceptors (Lipinski definition) is 4. The summed E-state index contributed by atoms with van der Waals surface area (Å²) in [6, 6.07) is 8.40. The molecule has 2 aromatic rings. The van der Waals surface area contributed by atoms with E-state index in [1.807, 2.05) is 0 Å². The lowest BCUT2D eigenvalue weighted by atomic mass is 10.0. The predicted octanol–water partition coefficient (Wildman–Crippen LogP) is 2.60. The molecule has 3 rings (SSSR count). The van der Waals surface area contributed by atoms with Gasteiger partial charge >= 0.3 is 0 Å². The molecular formula is C15H11NO4. The lowest BCUT2D eigenvalue weighted by Gasteiger charge is -2.11. The highest BCUT2D eigenvalue weighted by Gasteiger charge is 2.37. The average Bonchev–Trinajstić information content (AvgIpc) is 3.02. The second kappa shape index (κ2) is 4.38. The SMILES string of the molecule is CC(=O)N1C(=O)/C(=C(/O)c2ccoc2)c2ccccc21. The summed E-state index contributed by atoms with van der Waals surface area (Å²) in [5.41, 5.74) is 1.52. The quantitative estimate of drug-likeness (QED) is 0.638. The fourth-order valence-electron chi connectivity index (χ4n) is 2.30. The van der Waals surface area contributed by atoms with Gasteiger partial charge in [0.1, 0.15) is 12.0 Å². The third-order valence-electron chi connectivity index (χ3n) is 3.18. The number of anilines is 1. The van der Waals surface area contributed by atoms with E-state index in [4.69, 9.17) is 4.42 Å². The van der Waals surface area contributed by atoms with Crippen molar-refractivity contribution in [3.8, 4) is 0 Å². The number of aliphatic hydroxyl groups is 1. The molecule has 5 heteroatoms. The van der Waals surface area contributed by atoms with E-state index in [1.165, 1.54) is 19.5 Å². The number of rotatable bonds is 1. The van der Waals surface area contributed by atoms with Crippen LogP contribution in [0.4, 0.5) is 5.69 Å². The molecular weight excluding hydrogens is 258 g/mol.